The molecule has 0 spiro atoms. The van der Waals surface area contributed by atoms with Gasteiger partial charge in [0.15, 0.2) is 0 Å². The van der Waals surface area contributed by atoms with Gasteiger partial charge in [0, 0.05) is 22.5 Å². The van der Waals surface area contributed by atoms with Crippen LogP contribution in [0.3, 0.4) is 0 Å². The molecule has 0 radical (unpaired) electrons. The monoisotopic (exact) mass is 342 g/mol. The topological polar surface area (TPSA) is 71.0 Å². The van der Waals surface area contributed by atoms with Crippen LogP contribution in [0.2, 0.25) is 5.02 Å². The van der Waals surface area contributed by atoms with E-state index in [2.05, 4.69) is 16.9 Å². The van der Waals surface area contributed by atoms with Gasteiger partial charge in [-0.25, -0.2) is 9.98 Å². The van der Waals surface area contributed by atoms with Gasteiger partial charge in [-0.05, 0) is 43.5 Å². The summed E-state index contributed by atoms with van der Waals surface area (Å²) in [6, 6.07) is 5.79. The number of rotatable bonds is 3. The summed E-state index contributed by atoms with van der Waals surface area (Å²) in [5, 5.41) is 0.692. The number of carbonyl (C=O) groups excluding carboxylic acids is 1. The molecule has 2 heterocycles. The minimum Gasteiger partial charge on any atom is -0.366 e. The number of aliphatic imine (C=N–C) groups is 2. The predicted molar refractivity (Wildman–Crippen MR) is 97.9 cm³/mol. The first-order chi connectivity index (χ1) is 11.4. The van der Waals surface area contributed by atoms with Crippen LogP contribution in [0, 0.1) is 6.92 Å². The Morgan fingerprint density at radius 3 is 2.75 bits per heavy atom. The number of fused-ring (bicyclic) bond motifs is 1. The van der Waals surface area contributed by atoms with E-state index in [9.17, 15) is 4.79 Å². The number of nitrogens with two attached hydrogens (primary N) is 1. The number of hydrogen-bond donors (Lipinski definition) is 1. The van der Waals surface area contributed by atoms with Crippen LogP contribution in [-0.4, -0.2) is 29.0 Å². The van der Waals surface area contributed by atoms with E-state index in [4.69, 9.17) is 17.3 Å². The lowest BCUT2D eigenvalue weighted by Gasteiger charge is -2.33. The molecule has 0 fully saturated rings. The highest BCUT2D eigenvalue weighted by molar-refractivity contribution is 6.30. The van der Waals surface area contributed by atoms with Gasteiger partial charge < -0.3 is 5.73 Å². The molecular formula is C18H19ClN4O. The Bertz CT molecular complexity index is 849. The van der Waals surface area contributed by atoms with E-state index in [1.807, 2.05) is 36.9 Å². The SMILES string of the molecule is CCC1=C(c2ccc(Cl)cc2C)N2C=C(C(N)=O)CN=C2N=C1C. The first kappa shape index (κ1) is 16.5. The van der Waals surface area contributed by atoms with Gasteiger partial charge in [-0.15, -0.1) is 0 Å². The highest BCUT2D eigenvalue weighted by Gasteiger charge is 2.29. The second-order valence-corrected chi connectivity index (χ2v) is 6.28. The molecule has 6 heteroatoms. The molecule has 0 saturated carbocycles. The van der Waals surface area contributed by atoms with Gasteiger partial charge in [0.05, 0.1) is 17.8 Å². The zero-order valence-corrected chi connectivity index (χ0v) is 14.7. The third-order valence-corrected chi connectivity index (χ3v) is 4.47. The number of carbonyl (C=O) groups is 1. The largest absolute Gasteiger partial charge is 0.366 e. The van der Waals surface area contributed by atoms with Crippen LogP contribution in [0.15, 0.2) is 45.5 Å². The molecule has 0 atom stereocenters. The maximum Gasteiger partial charge on any atom is 0.248 e. The van der Waals surface area contributed by atoms with Crippen molar-refractivity contribution < 1.29 is 4.79 Å². The van der Waals surface area contributed by atoms with E-state index in [1.165, 1.54) is 0 Å². The Labute approximate surface area is 146 Å². The summed E-state index contributed by atoms with van der Waals surface area (Å²) < 4.78 is 0. The summed E-state index contributed by atoms with van der Waals surface area (Å²) in [5.74, 6) is 0.119. The van der Waals surface area contributed by atoms with Crippen LogP contribution >= 0.6 is 11.6 Å². The number of aryl methyl sites for hydroxylation is 1. The van der Waals surface area contributed by atoms with Crippen molar-refractivity contribution in [2.45, 2.75) is 27.2 Å². The summed E-state index contributed by atoms with van der Waals surface area (Å²) in [7, 11) is 0. The Morgan fingerprint density at radius 2 is 2.12 bits per heavy atom. The van der Waals surface area contributed by atoms with Crippen LogP contribution in [0.1, 0.15) is 31.4 Å². The van der Waals surface area contributed by atoms with Gasteiger partial charge in [0.2, 0.25) is 11.9 Å². The van der Waals surface area contributed by atoms with Crippen molar-refractivity contribution in [1.82, 2.24) is 4.90 Å². The fourth-order valence-corrected chi connectivity index (χ4v) is 3.25. The van der Waals surface area contributed by atoms with E-state index >= 15 is 0 Å². The zero-order valence-electron chi connectivity index (χ0n) is 13.9. The molecule has 0 unspecified atom stereocenters. The molecule has 24 heavy (non-hydrogen) atoms. The Hall–Kier alpha value is -2.40. The lowest BCUT2D eigenvalue weighted by Crippen LogP contribution is -2.35. The smallest absolute Gasteiger partial charge is 0.248 e. The quantitative estimate of drug-likeness (QED) is 0.915. The van der Waals surface area contributed by atoms with E-state index in [0.717, 1.165) is 34.5 Å². The van der Waals surface area contributed by atoms with Crippen LogP contribution in [0.4, 0.5) is 0 Å². The molecule has 0 saturated heterocycles. The highest BCUT2D eigenvalue weighted by atomic mass is 35.5. The third kappa shape index (κ3) is 2.76. The molecule has 3 rings (SSSR count). The lowest BCUT2D eigenvalue weighted by atomic mass is 9.95. The fraction of sp³-hybridized carbons (Fsp3) is 0.278. The Morgan fingerprint density at radius 1 is 1.38 bits per heavy atom. The van der Waals surface area contributed by atoms with Gasteiger partial charge >= 0.3 is 0 Å². The first-order valence-electron chi connectivity index (χ1n) is 7.82. The molecule has 2 aliphatic rings. The van der Waals surface area contributed by atoms with Crippen molar-refractivity contribution >= 4 is 34.9 Å². The fourth-order valence-electron chi connectivity index (χ4n) is 3.02. The molecule has 2 N–H and O–H groups in total. The Balaban J connectivity index is 2.23. The van der Waals surface area contributed by atoms with Gasteiger partial charge in [0.25, 0.3) is 0 Å². The molecule has 1 amide bonds. The second kappa shape index (κ2) is 6.24. The molecule has 5 nitrogen and oxygen atoms in total. The average molecular weight is 343 g/mol. The van der Waals surface area contributed by atoms with Crippen molar-refractivity contribution in [3.63, 3.8) is 0 Å². The maximum atomic E-state index is 11.6. The number of allylic oxidation sites excluding steroid dienone is 1. The highest BCUT2D eigenvalue weighted by Crippen LogP contribution is 2.34. The van der Waals surface area contributed by atoms with E-state index in [1.54, 1.807) is 6.20 Å². The average Bonchev–Trinajstić information content (AvgIpc) is 2.53. The van der Waals surface area contributed by atoms with Crippen LogP contribution < -0.4 is 5.73 Å². The molecule has 0 aromatic heterocycles. The van der Waals surface area contributed by atoms with Crippen molar-refractivity contribution in [3.8, 4) is 0 Å². The second-order valence-electron chi connectivity index (χ2n) is 5.84. The molecule has 0 aliphatic carbocycles. The van der Waals surface area contributed by atoms with Gasteiger partial charge in [-0.2, -0.15) is 0 Å². The number of nitrogens with zero attached hydrogens (tertiary/aromatic N) is 3. The van der Waals surface area contributed by atoms with E-state index in [-0.39, 0.29) is 6.54 Å². The van der Waals surface area contributed by atoms with Crippen LogP contribution in [0.25, 0.3) is 5.70 Å². The van der Waals surface area contributed by atoms with Gasteiger partial charge in [-0.3, -0.25) is 9.69 Å². The molecule has 124 valence electrons. The van der Waals surface area contributed by atoms with Crippen LogP contribution in [-0.2, 0) is 4.79 Å². The summed E-state index contributed by atoms with van der Waals surface area (Å²) in [4.78, 5) is 22.5. The van der Waals surface area contributed by atoms with Crippen LogP contribution in [0.5, 0.6) is 0 Å². The number of halogens is 1. The molecule has 2 aliphatic heterocycles. The standard InChI is InChI=1S/C18H19ClN4O/c1-4-14-11(3)22-18-21-8-12(17(20)24)9-23(18)16(14)15-6-5-13(19)7-10(15)2/h5-7,9H,4,8H2,1-3H3,(H2,20,24). The number of guanidine groups is 1. The first-order valence-corrected chi connectivity index (χ1v) is 8.19. The predicted octanol–water partition coefficient (Wildman–Crippen LogP) is 3.28. The normalized spacial score (nSPS) is 17.2. The summed E-state index contributed by atoms with van der Waals surface area (Å²) >= 11 is 6.11. The number of primary amides is 1. The van der Waals surface area contributed by atoms with Crippen molar-refractivity contribution in [2.75, 3.05) is 6.54 Å². The third-order valence-electron chi connectivity index (χ3n) is 4.24. The molecule has 1 aromatic rings. The zero-order chi connectivity index (χ0) is 17.4. The number of hydrogen-bond acceptors (Lipinski definition) is 4. The minimum absolute atomic E-state index is 0.256. The van der Waals surface area contributed by atoms with Crippen molar-refractivity contribution in [1.29, 1.82) is 0 Å². The van der Waals surface area contributed by atoms with E-state index < -0.39 is 5.91 Å². The van der Waals surface area contributed by atoms with Crippen molar-refractivity contribution in [3.05, 3.63) is 51.7 Å². The van der Waals surface area contributed by atoms with Gasteiger partial charge in [-0.1, -0.05) is 24.6 Å². The van der Waals surface area contributed by atoms with E-state index in [0.29, 0.717) is 16.6 Å². The molecular weight excluding hydrogens is 324 g/mol. The maximum absolute atomic E-state index is 11.6. The van der Waals surface area contributed by atoms with Crippen molar-refractivity contribution in [2.24, 2.45) is 15.7 Å². The van der Waals surface area contributed by atoms with Gasteiger partial charge in [0.1, 0.15) is 0 Å². The Kier molecular flexibility index (Phi) is 4.28. The molecule has 0 bridgehead atoms. The summed E-state index contributed by atoms with van der Waals surface area (Å²) in [6.45, 7) is 6.34. The minimum atomic E-state index is -0.464. The summed E-state index contributed by atoms with van der Waals surface area (Å²) in [5.41, 5.74) is 11.0. The summed E-state index contributed by atoms with van der Waals surface area (Å²) in [6.07, 6.45) is 2.57. The molecule has 1 aromatic carbocycles. The number of benzene rings is 1. The number of amides is 1. The lowest BCUT2D eigenvalue weighted by molar-refractivity contribution is -0.114.